The summed E-state index contributed by atoms with van der Waals surface area (Å²) in [5.74, 6) is 0.104. The zero-order valence-corrected chi connectivity index (χ0v) is 9.33. The highest BCUT2D eigenvalue weighted by Crippen LogP contribution is 2.19. The molecule has 0 fully saturated rings. The van der Waals surface area contributed by atoms with Gasteiger partial charge in [-0.1, -0.05) is 32.4 Å². The monoisotopic (exact) mass is 203 g/mol. The van der Waals surface area contributed by atoms with Crippen molar-refractivity contribution in [2.75, 3.05) is 6.61 Å². The molecule has 2 heteroatoms. The molecule has 15 heavy (non-hydrogen) atoms. The van der Waals surface area contributed by atoms with Crippen molar-refractivity contribution in [2.24, 2.45) is 0 Å². The van der Waals surface area contributed by atoms with Crippen LogP contribution in [0.25, 0.3) is 0 Å². The molecule has 0 spiro atoms. The number of hydrogen-bond donors (Lipinski definition) is 1. The highest BCUT2D eigenvalue weighted by atomic mass is 16.3. The van der Waals surface area contributed by atoms with Gasteiger partial charge in [-0.05, 0) is 23.6 Å². The summed E-state index contributed by atoms with van der Waals surface area (Å²) in [7, 11) is 0. The molecule has 0 aliphatic heterocycles. The number of rotatable bonds is 4. The third kappa shape index (κ3) is 2.81. The summed E-state index contributed by atoms with van der Waals surface area (Å²) in [6.45, 7) is 4.18. The zero-order valence-electron chi connectivity index (χ0n) is 9.33. The van der Waals surface area contributed by atoms with Crippen molar-refractivity contribution in [3.05, 3.63) is 34.9 Å². The molecule has 0 radical (unpaired) electrons. The minimum Gasteiger partial charge on any atom is -0.396 e. The molecule has 1 rings (SSSR count). The Hall–Kier alpha value is -1.33. The van der Waals surface area contributed by atoms with Crippen molar-refractivity contribution in [1.29, 1.82) is 5.26 Å². The Labute approximate surface area is 91.2 Å². The van der Waals surface area contributed by atoms with Gasteiger partial charge >= 0.3 is 0 Å². The van der Waals surface area contributed by atoms with Crippen LogP contribution in [0.3, 0.4) is 0 Å². The SMILES string of the molecule is CCCc1ccc(C(C)CO)cc1C#N. The molecular weight excluding hydrogens is 186 g/mol. The predicted molar refractivity (Wildman–Crippen MR) is 60.7 cm³/mol. The predicted octanol–water partition coefficient (Wildman–Crippen LogP) is 2.61. The summed E-state index contributed by atoms with van der Waals surface area (Å²) in [5, 5.41) is 18.1. The Morgan fingerprint density at radius 3 is 2.73 bits per heavy atom. The van der Waals surface area contributed by atoms with E-state index in [4.69, 9.17) is 10.4 Å². The van der Waals surface area contributed by atoms with E-state index in [-0.39, 0.29) is 12.5 Å². The van der Waals surface area contributed by atoms with Gasteiger partial charge in [0.15, 0.2) is 0 Å². The lowest BCUT2D eigenvalue weighted by atomic mass is 9.95. The molecule has 1 atom stereocenters. The van der Waals surface area contributed by atoms with Crippen molar-refractivity contribution in [2.45, 2.75) is 32.6 Å². The van der Waals surface area contributed by atoms with Crippen LogP contribution in [0.5, 0.6) is 0 Å². The molecule has 0 aliphatic carbocycles. The molecule has 1 aromatic rings. The van der Waals surface area contributed by atoms with Gasteiger partial charge in [-0.2, -0.15) is 5.26 Å². The number of nitriles is 1. The third-order valence-corrected chi connectivity index (χ3v) is 2.62. The van der Waals surface area contributed by atoms with Crippen LogP contribution in [0.15, 0.2) is 18.2 Å². The second kappa shape index (κ2) is 5.53. The van der Waals surface area contributed by atoms with Gasteiger partial charge in [0, 0.05) is 12.5 Å². The van der Waals surface area contributed by atoms with E-state index in [1.807, 2.05) is 25.1 Å². The molecule has 0 aromatic heterocycles. The van der Waals surface area contributed by atoms with Crippen LogP contribution >= 0.6 is 0 Å². The smallest absolute Gasteiger partial charge is 0.0994 e. The van der Waals surface area contributed by atoms with Crippen LogP contribution in [0.2, 0.25) is 0 Å². The van der Waals surface area contributed by atoms with Gasteiger partial charge in [-0.25, -0.2) is 0 Å². The lowest BCUT2D eigenvalue weighted by Gasteiger charge is -2.10. The topological polar surface area (TPSA) is 44.0 Å². The molecule has 1 N–H and O–H groups in total. The van der Waals surface area contributed by atoms with E-state index in [1.165, 1.54) is 0 Å². The lowest BCUT2D eigenvalue weighted by molar-refractivity contribution is 0.273. The number of aryl methyl sites for hydroxylation is 1. The fourth-order valence-corrected chi connectivity index (χ4v) is 1.60. The Bertz CT molecular complexity index is 365. The van der Waals surface area contributed by atoms with E-state index in [9.17, 15) is 0 Å². The second-order valence-corrected chi connectivity index (χ2v) is 3.86. The average molecular weight is 203 g/mol. The van der Waals surface area contributed by atoms with Crippen molar-refractivity contribution in [1.82, 2.24) is 0 Å². The minimum atomic E-state index is 0.104. The first-order chi connectivity index (χ1) is 7.22. The van der Waals surface area contributed by atoms with E-state index in [0.717, 1.165) is 29.5 Å². The molecule has 0 saturated heterocycles. The molecule has 1 aromatic carbocycles. The van der Waals surface area contributed by atoms with Gasteiger partial charge in [0.1, 0.15) is 0 Å². The van der Waals surface area contributed by atoms with Crippen LogP contribution in [-0.2, 0) is 6.42 Å². The summed E-state index contributed by atoms with van der Waals surface area (Å²) in [5.41, 5.74) is 2.89. The Morgan fingerprint density at radius 2 is 2.20 bits per heavy atom. The maximum Gasteiger partial charge on any atom is 0.0994 e. The summed E-state index contributed by atoms with van der Waals surface area (Å²) in [4.78, 5) is 0. The number of nitrogens with zero attached hydrogens (tertiary/aromatic N) is 1. The highest BCUT2D eigenvalue weighted by molar-refractivity contribution is 5.41. The summed E-state index contributed by atoms with van der Waals surface area (Å²) in [6.07, 6.45) is 1.99. The number of hydrogen-bond acceptors (Lipinski definition) is 2. The van der Waals surface area contributed by atoms with Gasteiger partial charge in [-0.15, -0.1) is 0 Å². The minimum absolute atomic E-state index is 0.104. The fraction of sp³-hybridized carbons (Fsp3) is 0.462. The van der Waals surface area contributed by atoms with Crippen LogP contribution in [0.1, 0.15) is 42.9 Å². The van der Waals surface area contributed by atoms with Crippen LogP contribution in [0, 0.1) is 11.3 Å². The van der Waals surface area contributed by atoms with Gasteiger partial charge in [0.2, 0.25) is 0 Å². The normalized spacial score (nSPS) is 12.1. The van der Waals surface area contributed by atoms with E-state index in [1.54, 1.807) is 0 Å². The molecule has 0 saturated carbocycles. The summed E-state index contributed by atoms with van der Waals surface area (Å²) in [6, 6.07) is 8.12. The van der Waals surface area contributed by atoms with E-state index >= 15 is 0 Å². The molecule has 80 valence electrons. The van der Waals surface area contributed by atoms with Gasteiger partial charge in [0.05, 0.1) is 11.6 Å². The largest absolute Gasteiger partial charge is 0.396 e. The Morgan fingerprint density at radius 1 is 1.47 bits per heavy atom. The fourth-order valence-electron chi connectivity index (χ4n) is 1.60. The third-order valence-electron chi connectivity index (χ3n) is 2.62. The van der Waals surface area contributed by atoms with E-state index in [2.05, 4.69) is 13.0 Å². The molecule has 0 aliphatic rings. The first-order valence-corrected chi connectivity index (χ1v) is 5.36. The molecule has 0 heterocycles. The van der Waals surface area contributed by atoms with E-state index < -0.39 is 0 Å². The van der Waals surface area contributed by atoms with E-state index in [0.29, 0.717) is 0 Å². The first kappa shape index (κ1) is 11.7. The van der Waals surface area contributed by atoms with Crippen molar-refractivity contribution in [3.8, 4) is 6.07 Å². The number of benzene rings is 1. The molecule has 0 amide bonds. The molecular formula is C13H17NO. The lowest BCUT2D eigenvalue weighted by Crippen LogP contribution is -2.00. The Balaban J connectivity index is 3.03. The van der Waals surface area contributed by atoms with Gasteiger partial charge in [-0.3, -0.25) is 0 Å². The maximum absolute atomic E-state index is 9.04. The summed E-state index contributed by atoms with van der Waals surface area (Å²) >= 11 is 0. The molecule has 0 bridgehead atoms. The highest BCUT2D eigenvalue weighted by Gasteiger charge is 2.07. The summed E-state index contributed by atoms with van der Waals surface area (Å²) < 4.78 is 0. The van der Waals surface area contributed by atoms with Crippen molar-refractivity contribution in [3.63, 3.8) is 0 Å². The molecule has 2 nitrogen and oxygen atoms in total. The average Bonchev–Trinajstić information content (AvgIpc) is 2.29. The van der Waals surface area contributed by atoms with Crippen LogP contribution < -0.4 is 0 Å². The number of aliphatic hydroxyl groups is 1. The number of aliphatic hydroxyl groups excluding tert-OH is 1. The van der Waals surface area contributed by atoms with Gasteiger partial charge in [0.25, 0.3) is 0 Å². The second-order valence-electron chi connectivity index (χ2n) is 3.86. The van der Waals surface area contributed by atoms with Crippen LogP contribution in [0.4, 0.5) is 0 Å². The Kier molecular flexibility index (Phi) is 4.33. The first-order valence-electron chi connectivity index (χ1n) is 5.36. The maximum atomic E-state index is 9.04. The standard InChI is InChI=1S/C13H17NO/c1-3-4-11-5-6-12(10(2)9-15)7-13(11)8-14/h5-7,10,15H,3-4,9H2,1-2H3. The van der Waals surface area contributed by atoms with Gasteiger partial charge < -0.3 is 5.11 Å². The molecule has 1 unspecified atom stereocenters. The van der Waals surface area contributed by atoms with Crippen molar-refractivity contribution >= 4 is 0 Å². The zero-order chi connectivity index (χ0) is 11.3. The van der Waals surface area contributed by atoms with Crippen LogP contribution in [-0.4, -0.2) is 11.7 Å². The quantitative estimate of drug-likeness (QED) is 0.817. The van der Waals surface area contributed by atoms with Crippen molar-refractivity contribution < 1.29 is 5.11 Å².